The molecule has 174 valence electrons. The van der Waals surface area contributed by atoms with Crippen LogP contribution in [0.25, 0.3) is 16.4 Å². The summed E-state index contributed by atoms with van der Waals surface area (Å²) in [7, 11) is 0. The number of hydrogen-bond acceptors (Lipinski definition) is 6. The zero-order valence-electron chi connectivity index (χ0n) is 19.1. The molecule has 1 aliphatic heterocycles. The van der Waals surface area contributed by atoms with Crippen LogP contribution >= 0.6 is 0 Å². The maximum atomic E-state index is 10.0. The van der Waals surface area contributed by atoms with Crippen molar-refractivity contribution in [2.24, 2.45) is 0 Å². The van der Waals surface area contributed by atoms with Crippen molar-refractivity contribution < 1.29 is 14.6 Å². The molecule has 0 fully saturated rings. The van der Waals surface area contributed by atoms with E-state index in [-0.39, 0.29) is 18.3 Å². The Bertz CT molecular complexity index is 1740. The van der Waals surface area contributed by atoms with Gasteiger partial charge in [-0.05, 0) is 23.1 Å². The van der Waals surface area contributed by atoms with Crippen LogP contribution in [-0.4, -0.2) is 24.7 Å². The Hall–Kier alpha value is -4.91. The van der Waals surface area contributed by atoms with E-state index in [1.165, 1.54) is 0 Å². The lowest BCUT2D eigenvalue weighted by atomic mass is 9.84. The summed E-state index contributed by atoms with van der Waals surface area (Å²) in [5.41, 5.74) is 3.48. The first kappa shape index (κ1) is 20.5. The molecule has 6 aromatic rings. The molecule has 0 bridgehead atoms. The lowest BCUT2D eigenvalue weighted by Gasteiger charge is -2.27. The van der Waals surface area contributed by atoms with E-state index in [0.717, 1.165) is 33.2 Å². The van der Waals surface area contributed by atoms with Crippen molar-refractivity contribution in [3.05, 3.63) is 120 Å². The van der Waals surface area contributed by atoms with E-state index >= 15 is 0 Å². The van der Waals surface area contributed by atoms with E-state index in [4.69, 9.17) is 14.5 Å². The Kier molecular flexibility index (Phi) is 4.60. The quantitative estimate of drug-likeness (QED) is 0.346. The highest BCUT2D eigenvalue weighted by Crippen LogP contribution is 2.48. The van der Waals surface area contributed by atoms with Crippen molar-refractivity contribution in [1.29, 1.82) is 0 Å². The largest absolute Gasteiger partial charge is 0.508 e. The highest BCUT2D eigenvalue weighted by atomic mass is 16.5. The third kappa shape index (κ3) is 3.32. The van der Waals surface area contributed by atoms with Gasteiger partial charge in [0.25, 0.3) is 0 Å². The van der Waals surface area contributed by atoms with Gasteiger partial charge in [0.05, 0.1) is 5.56 Å². The van der Waals surface area contributed by atoms with E-state index in [1.54, 1.807) is 23.0 Å². The van der Waals surface area contributed by atoms with Crippen LogP contribution in [0.5, 0.6) is 23.1 Å². The number of nitrogens with zero attached hydrogens (tertiary/aromatic N) is 4. The molecule has 7 nitrogen and oxygen atoms in total. The third-order valence-corrected chi connectivity index (χ3v) is 6.47. The number of hydrogen-bond donors (Lipinski definition) is 1. The van der Waals surface area contributed by atoms with Gasteiger partial charge in [0.1, 0.15) is 30.2 Å². The molecule has 0 saturated heterocycles. The van der Waals surface area contributed by atoms with Crippen molar-refractivity contribution in [3.8, 4) is 23.1 Å². The summed E-state index contributed by atoms with van der Waals surface area (Å²) in [4.78, 5) is 9.38. The Morgan fingerprint density at radius 3 is 2.67 bits per heavy atom. The standard InChI is InChI=1S/C29H20N4O3/c34-20-13-14-22-24(15-20)36-29-27(26(22)19-8-2-1-3-9-19)28-31-25(32-33(28)17-30-29)16-35-23-12-6-10-18-7-4-5-11-21(18)23/h1-15,17,26,34H,16H2/t26-/m1/s1. The molecule has 0 aliphatic carbocycles. The zero-order valence-corrected chi connectivity index (χ0v) is 19.1. The first-order valence-corrected chi connectivity index (χ1v) is 11.6. The molecule has 0 amide bonds. The van der Waals surface area contributed by atoms with Gasteiger partial charge in [-0.25, -0.2) is 14.5 Å². The van der Waals surface area contributed by atoms with Crippen molar-refractivity contribution >= 4 is 16.4 Å². The SMILES string of the molecule is Oc1ccc2c(c1)Oc1ncn3nc(COc4cccc5ccccc45)nc3c1[C@@H]2c1ccccc1. The molecule has 2 aromatic heterocycles. The van der Waals surface area contributed by atoms with Crippen molar-refractivity contribution in [2.75, 3.05) is 0 Å². The van der Waals surface area contributed by atoms with Gasteiger partial charge in [0.2, 0.25) is 5.88 Å². The van der Waals surface area contributed by atoms with Crippen LogP contribution in [0.2, 0.25) is 0 Å². The zero-order chi connectivity index (χ0) is 24.1. The molecular weight excluding hydrogens is 452 g/mol. The number of ether oxygens (including phenoxy) is 2. The van der Waals surface area contributed by atoms with Gasteiger partial charge in [0.15, 0.2) is 11.5 Å². The first-order chi connectivity index (χ1) is 17.7. The van der Waals surface area contributed by atoms with Gasteiger partial charge in [-0.15, -0.1) is 5.10 Å². The molecule has 0 saturated carbocycles. The molecule has 1 aliphatic rings. The number of aromatic hydroxyl groups is 1. The summed E-state index contributed by atoms with van der Waals surface area (Å²) in [6.07, 6.45) is 1.60. The lowest BCUT2D eigenvalue weighted by molar-refractivity contribution is 0.299. The number of phenols is 1. The summed E-state index contributed by atoms with van der Waals surface area (Å²) in [6, 6.07) is 29.4. The second kappa shape index (κ2) is 8.09. The Morgan fingerprint density at radius 1 is 0.917 bits per heavy atom. The molecule has 3 heterocycles. The van der Waals surface area contributed by atoms with E-state index in [9.17, 15) is 5.11 Å². The predicted molar refractivity (Wildman–Crippen MR) is 135 cm³/mol. The second-order valence-corrected chi connectivity index (χ2v) is 8.69. The van der Waals surface area contributed by atoms with Crippen LogP contribution in [0.3, 0.4) is 0 Å². The van der Waals surface area contributed by atoms with Crippen LogP contribution in [0.1, 0.15) is 28.4 Å². The average molecular weight is 473 g/mol. The minimum Gasteiger partial charge on any atom is -0.508 e. The fourth-order valence-corrected chi connectivity index (χ4v) is 4.86. The minimum absolute atomic E-state index is 0.139. The van der Waals surface area contributed by atoms with Gasteiger partial charge < -0.3 is 14.6 Å². The minimum atomic E-state index is -0.183. The molecule has 36 heavy (non-hydrogen) atoms. The summed E-state index contributed by atoms with van der Waals surface area (Å²) < 4.78 is 13.9. The van der Waals surface area contributed by atoms with Gasteiger partial charge in [-0.3, -0.25) is 0 Å². The highest BCUT2D eigenvalue weighted by molar-refractivity contribution is 5.88. The van der Waals surface area contributed by atoms with Gasteiger partial charge in [-0.2, -0.15) is 0 Å². The van der Waals surface area contributed by atoms with Crippen LogP contribution in [0.15, 0.2) is 97.3 Å². The molecule has 4 aromatic carbocycles. The fourth-order valence-electron chi connectivity index (χ4n) is 4.86. The van der Waals surface area contributed by atoms with E-state index in [0.29, 0.717) is 23.1 Å². The van der Waals surface area contributed by atoms with Gasteiger partial charge in [0, 0.05) is 22.9 Å². The number of benzene rings is 4. The van der Waals surface area contributed by atoms with Gasteiger partial charge in [-0.1, -0.05) is 72.8 Å². The Balaban J connectivity index is 1.32. The van der Waals surface area contributed by atoms with E-state index < -0.39 is 0 Å². The fraction of sp³-hybridized carbons (Fsp3) is 0.0690. The number of phenolic OH excluding ortho intramolecular Hbond substituents is 1. The molecule has 1 N–H and O–H groups in total. The topological polar surface area (TPSA) is 81.8 Å². The smallest absolute Gasteiger partial charge is 0.228 e. The Morgan fingerprint density at radius 2 is 1.75 bits per heavy atom. The Labute approximate surface area is 206 Å². The number of aromatic nitrogens is 4. The van der Waals surface area contributed by atoms with Crippen LogP contribution < -0.4 is 9.47 Å². The molecule has 7 heteroatoms. The lowest BCUT2D eigenvalue weighted by Crippen LogP contribution is -2.14. The average Bonchev–Trinajstić information content (AvgIpc) is 3.34. The third-order valence-electron chi connectivity index (χ3n) is 6.47. The van der Waals surface area contributed by atoms with Crippen molar-refractivity contribution in [1.82, 2.24) is 19.6 Å². The number of rotatable bonds is 4. The monoisotopic (exact) mass is 472 g/mol. The van der Waals surface area contributed by atoms with Crippen molar-refractivity contribution in [3.63, 3.8) is 0 Å². The maximum Gasteiger partial charge on any atom is 0.228 e. The molecule has 0 unspecified atom stereocenters. The maximum absolute atomic E-state index is 10.0. The molecule has 1 atom stereocenters. The molecular formula is C29H20N4O3. The molecule has 0 radical (unpaired) electrons. The van der Waals surface area contributed by atoms with Crippen molar-refractivity contribution in [2.45, 2.75) is 12.5 Å². The van der Waals surface area contributed by atoms with Crippen LogP contribution in [0.4, 0.5) is 0 Å². The predicted octanol–water partition coefficient (Wildman–Crippen LogP) is 5.85. The van der Waals surface area contributed by atoms with E-state index in [2.05, 4.69) is 34.3 Å². The second-order valence-electron chi connectivity index (χ2n) is 8.69. The molecule has 7 rings (SSSR count). The summed E-state index contributed by atoms with van der Waals surface area (Å²) in [5.74, 6) is 2.31. The first-order valence-electron chi connectivity index (χ1n) is 11.6. The highest BCUT2D eigenvalue weighted by Gasteiger charge is 2.33. The summed E-state index contributed by atoms with van der Waals surface area (Å²) >= 11 is 0. The summed E-state index contributed by atoms with van der Waals surface area (Å²) in [5, 5.41) is 16.8. The number of fused-ring (bicyclic) bond motifs is 5. The van der Waals surface area contributed by atoms with Crippen LogP contribution in [-0.2, 0) is 6.61 Å². The summed E-state index contributed by atoms with van der Waals surface area (Å²) in [6.45, 7) is 0.214. The normalized spacial score (nSPS) is 14.3. The van der Waals surface area contributed by atoms with E-state index in [1.807, 2.05) is 54.6 Å². The van der Waals surface area contributed by atoms with Crippen LogP contribution in [0, 0.1) is 0 Å². The molecule has 0 spiro atoms. The van der Waals surface area contributed by atoms with Gasteiger partial charge >= 0.3 is 0 Å².